The Kier molecular flexibility index (Phi) is 6.32. The van der Waals surface area contributed by atoms with Crippen molar-refractivity contribution in [1.29, 1.82) is 0 Å². The number of rotatable bonds is 7. The van der Waals surface area contributed by atoms with Gasteiger partial charge in [-0.1, -0.05) is 60.7 Å². The minimum atomic E-state index is -1.33. The van der Waals surface area contributed by atoms with E-state index in [0.29, 0.717) is 12.1 Å². The number of carbonyl (C=O) groups is 3. The Balaban J connectivity index is 1.43. The van der Waals surface area contributed by atoms with Crippen molar-refractivity contribution in [2.45, 2.75) is 31.1 Å². The van der Waals surface area contributed by atoms with Crippen LogP contribution in [0, 0.1) is 17.7 Å². The zero-order valence-electron chi connectivity index (χ0n) is 21.0. The van der Waals surface area contributed by atoms with Crippen molar-refractivity contribution >= 4 is 35.2 Å². The van der Waals surface area contributed by atoms with Crippen LogP contribution < -0.4 is 10.2 Å². The third-order valence-electron chi connectivity index (χ3n) is 8.03. The van der Waals surface area contributed by atoms with Crippen LogP contribution in [0.5, 0.6) is 0 Å². The fourth-order valence-corrected chi connectivity index (χ4v) is 6.84. The smallest absolute Gasteiger partial charge is 0.253 e. The molecule has 0 unspecified atom stereocenters. The van der Waals surface area contributed by atoms with Crippen LogP contribution >= 0.6 is 11.8 Å². The number of amides is 3. The van der Waals surface area contributed by atoms with Crippen LogP contribution in [0.15, 0.2) is 78.9 Å². The summed E-state index contributed by atoms with van der Waals surface area (Å²) in [7, 11) is 0. The van der Waals surface area contributed by atoms with E-state index >= 15 is 0 Å². The zero-order valence-corrected chi connectivity index (χ0v) is 21.8. The van der Waals surface area contributed by atoms with Crippen LogP contribution in [0.25, 0.3) is 0 Å². The van der Waals surface area contributed by atoms with Crippen molar-refractivity contribution in [3.63, 3.8) is 0 Å². The number of hydrogen-bond acceptors (Lipinski definition) is 5. The second-order valence-electron chi connectivity index (χ2n) is 10.1. The molecule has 6 rings (SSSR count). The molecule has 3 aromatic rings. The molecule has 3 aromatic carbocycles. The molecule has 0 aromatic heterocycles. The third-order valence-corrected chi connectivity index (χ3v) is 8.67. The number of anilines is 1. The number of likely N-dealkylation sites (tertiary alicyclic amines) is 1. The number of nitrogens with zero attached hydrogens (tertiary/aromatic N) is 2. The SMILES string of the molecule is CSCC[C@@H]1N[C@]2(C(=O)N(Cc3ccc(F)cc3)c3ccccc32)[C@@H]2C(=O)N(Cc3ccccc3)C(=O)[C@H]12. The molecule has 3 heterocycles. The van der Waals surface area contributed by atoms with Gasteiger partial charge in [-0.2, -0.15) is 11.8 Å². The van der Waals surface area contributed by atoms with Crippen molar-refractivity contribution < 1.29 is 18.8 Å². The number of halogens is 1. The summed E-state index contributed by atoms with van der Waals surface area (Å²) in [5, 5.41) is 3.55. The molecule has 0 saturated carbocycles. The molecule has 3 amide bonds. The molecule has 2 fully saturated rings. The van der Waals surface area contributed by atoms with E-state index in [2.05, 4.69) is 5.32 Å². The Labute approximate surface area is 225 Å². The fraction of sp³-hybridized carbons (Fsp3) is 0.300. The standard InChI is InChI=1S/C30H28FN3O3S/c1-38-16-15-23-25-26(28(36)34(27(25)35)18-19-7-3-2-4-8-19)30(32-23)22-9-5-6-10-24(22)33(29(30)37)17-20-11-13-21(31)14-12-20/h2-14,23,25-26,32H,15-18H2,1H3/t23-,25+,26-,30-/m0/s1. The first-order chi connectivity index (χ1) is 18.5. The topological polar surface area (TPSA) is 69.7 Å². The molecule has 1 spiro atoms. The summed E-state index contributed by atoms with van der Waals surface area (Å²) in [5.74, 6) is -1.78. The van der Waals surface area contributed by atoms with Gasteiger partial charge in [0.2, 0.25) is 11.8 Å². The van der Waals surface area contributed by atoms with Crippen LogP contribution in [0.3, 0.4) is 0 Å². The van der Waals surface area contributed by atoms with E-state index in [9.17, 15) is 18.8 Å². The van der Waals surface area contributed by atoms with Gasteiger partial charge in [0, 0.05) is 17.3 Å². The van der Waals surface area contributed by atoms with Gasteiger partial charge in [0.05, 0.1) is 24.9 Å². The Hall–Kier alpha value is -3.49. The van der Waals surface area contributed by atoms with Crippen LogP contribution in [-0.4, -0.2) is 40.7 Å². The summed E-state index contributed by atoms with van der Waals surface area (Å²) in [5.41, 5.74) is 1.74. The van der Waals surface area contributed by atoms with E-state index in [1.165, 1.54) is 17.0 Å². The Bertz CT molecular complexity index is 1400. The van der Waals surface area contributed by atoms with Crippen LogP contribution in [0.2, 0.25) is 0 Å². The molecular formula is C30H28FN3O3S. The Morgan fingerprint density at radius 3 is 2.24 bits per heavy atom. The van der Waals surface area contributed by atoms with Gasteiger partial charge in [-0.25, -0.2) is 4.39 Å². The number of thioether (sulfide) groups is 1. The van der Waals surface area contributed by atoms with Gasteiger partial charge in [-0.3, -0.25) is 24.6 Å². The molecule has 1 N–H and O–H groups in total. The Morgan fingerprint density at radius 1 is 0.842 bits per heavy atom. The molecule has 3 aliphatic rings. The predicted octanol–water partition coefficient (Wildman–Crippen LogP) is 4.09. The van der Waals surface area contributed by atoms with Gasteiger partial charge >= 0.3 is 0 Å². The van der Waals surface area contributed by atoms with Gasteiger partial charge in [0.25, 0.3) is 5.91 Å². The minimum Gasteiger partial charge on any atom is -0.306 e. The van der Waals surface area contributed by atoms with Crippen LogP contribution in [0.4, 0.5) is 10.1 Å². The van der Waals surface area contributed by atoms with E-state index in [4.69, 9.17) is 0 Å². The quantitative estimate of drug-likeness (QED) is 0.467. The maximum absolute atomic E-state index is 14.4. The van der Waals surface area contributed by atoms with Crippen LogP contribution in [-0.2, 0) is 33.0 Å². The molecule has 0 aliphatic carbocycles. The maximum Gasteiger partial charge on any atom is 0.253 e. The lowest BCUT2D eigenvalue weighted by molar-refractivity contribution is -0.143. The second kappa shape index (κ2) is 9.67. The largest absolute Gasteiger partial charge is 0.306 e. The summed E-state index contributed by atoms with van der Waals surface area (Å²) in [6, 6.07) is 22.7. The van der Waals surface area contributed by atoms with E-state index in [1.54, 1.807) is 28.8 Å². The van der Waals surface area contributed by atoms with Crippen molar-refractivity contribution in [3.05, 3.63) is 101 Å². The van der Waals surface area contributed by atoms with Crippen molar-refractivity contribution in [1.82, 2.24) is 10.2 Å². The van der Waals surface area contributed by atoms with Crippen molar-refractivity contribution in [2.75, 3.05) is 16.9 Å². The lowest BCUT2D eigenvalue weighted by Crippen LogP contribution is -2.55. The molecule has 3 aliphatic heterocycles. The van der Waals surface area contributed by atoms with Crippen LogP contribution in [0.1, 0.15) is 23.1 Å². The average Bonchev–Trinajstić information content (AvgIpc) is 3.49. The highest BCUT2D eigenvalue weighted by molar-refractivity contribution is 7.98. The van der Waals surface area contributed by atoms with Gasteiger partial charge in [0.1, 0.15) is 11.4 Å². The minimum absolute atomic E-state index is 0.186. The number of hydrogen-bond donors (Lipinski definition) is 1. The molecule has 0 bridgehead atoms. The van der Waals surface area contributed by atoms with E-state index in [0.717, 1.165) is 22.4 Å². The molecule has 2 saturated heterocycles. The highest BCUT2D eigenvalue weighted by atomic mass is 32.2. The van der Waals surface area contributed by atoms with E-state index < -0.39 is 17.4 Å². The van der Waals surface area contributed by atoms with Gasteiger partial charge in [-0.15, -0.1) is 0 Å². The van der Waals surface area contributed by atoms with Gasteiger partial charge < -0.3 is 4.90 Å². The fourth-order valence-electron chi connectivity index (χ4n) is 6.35. The van der Waals surface area contributed by atoms with E-state index in [-0.39, 0.29) is 42.7 Å². The highest BCUT2D eigenvalue weighted by Gasteiger charge is 2.71. The molecule has 0 radical (unpaired) electrons. The maximum atomic E-state index is 14.4. The summed E-state index contributed by atoms with van der Waals surface area (Å²) in [6.07, 6.45) is 2.67. The summed E-state index contributed by atoms with van der Waals surface area (Å²) >= 11 is 1.67. The summed E-state index contributed by atoms with van der Waals surface area (Å²) in [4.78, 5) is 45.4. The number of nitrogens with one attached hydrogen (secondary N) is 1. The summed E-state index contributed by atoms with van der Waals surface area (Å²) < 4.78 is 13.6. The number of benzene rings is 3. The molecule has 8 heteroatoms. The third kappa shape index (κ3) is 3.77. The highest BCUT2D eigenvalue weighted by Crippen LogP contribution is 2.55. The lowest BCUT2D eigenvalue weighted by Gasteiger charge is -2.30. The number of carbonyl (C=O) groups excluding carboxylic acids is 3. The van der Waals surface area contributed by atoms with Crippen molar-refractivity contribution in [2.24, 2.45) is 11.8 Å². The normalized spacial score (nSPS) is 25.9. The second-order valence-corrected chi connectivity index (χ2v) is 11.1. The molecular weight excluding hydrogens is 501 g/mol. The van der Waals surface area contributed by atoms with Crippen molar-refractivity contribution in [3.8, 4) is 0 Å². The predicted molar refractivity (Wildman–Crippen MR) is 145 cm³/mol. The summed E-state index contributed by atoms with van der Waals surface area (Å²) in [6.45, 7) is 0.425. The molecule has 194 valence electrons. The molecule has 38 heavy (non-hydrogen) atoms. The first kappa shape index (κ1) is 24.8. The first-order valence-electron chi connectivity index (χ1n) is 12.8. The average molecular weight is 530 g/mol. The van der Waals surface area contributed by atoms with Gasteiger partial charge in [0.15, 0.2) is 0 Å². The molecule has 6 nitrogen and oxygen atoms in total. The number of imide groups is 1. The first-order valence-corrected chi connectivity index (χ1v) is 14.2. The Morgan fingerprint density at radius 2 is 1.50 bits per heavy atom. The lowest BCUT2D eigenvalue weighted by atomic mass is 9.76. The van der Waals surface area contributed by atoms with E-state index in [1.807, 2.05) is 60.9 Å². The monoisotopic (exact) mass is 529 g/mol. The molecule has 4 atom stereocenters. The van der Waals surface area contributed by atoms with Gasteiger partial charge in [-0.05, 0) is 47.8 Å². The zero-order chi connectivity index (χ0) is 26.4. The number of para-hydroxylation sites is 1. The number of fused-ring (bicyclic) bond motifs is 4.